The Hall–Kier alpha value is -1.28. The van der Waals surface area contributed by atoms with Gasteiger partial charge in [0.05, 0.1) is 10.5 Å². The average Bonchev–Trinajstić information content (AvgIpc) is 2.30. The Morgan fingerprint density at radius 3 is 2.82 bits per heavy atom. The van der Waals surface area contributed by atoms with Gasteiger partial charge in [0, 0.05) is 11.3 Å². The monoisotopic (exact) mass is 242 g/mol. The first-order chi connectivity index (χ1) is 8.18. The second-order valence-corrected chi connectivity index (χ2v) is 6.01. The lowest BCUT2D eigenvalue weighted by atomic mass is 9.96. The van der Waals surface area contributed by atoms with Crippen molar-refractivity contribution in [2.45, 2.75) is 24.0 Å². The normalized spacial score (nSPS) is 17.5. The number of pyridine rings is 1. The third-order valence-electron chi connectivity index (χ3n) is 3.43. The van der Waals surface area contributed by atoms with Crippen LogP contribution in [-0.2, 0) is 7.05 Å². The second-order valence-electron chi connectivity index (χ2n) is 4.63. The van der Waals surface area contributed by atoms with E-state index in [4.69, 9.17) is 0 Å². The topological polar surface area (TPSA) is 3.88 Å². The van der Waals surface area contributed by atoms with Gasteiger partial charge in [-0.2, -0.15) is 0 Å². The number of aromatic nitrogens is 1. The first kappa shape index (κ1) is 10.8. The molecule has 1 atom stereocenters. The van der Waals surface area contributed by atoms with Crippen LogP contribution in [-0.4, -0.2) is 0 Å². The Morgan fingerprint density at radius 1 is 1.18 bits per heavy atom. The molecular weight excluding hydrogens is 226 g/mol. The van der Waals surface area contributed by atoms with Gasteiger partial charge in [0.25, 0.3) is 0 Å². The van der Waals surface area contributed by atoms with Crippen LogP contribution in [0.5, 0.6) is 0 Å². The van der Waals surface area contributed by atoms with Crippen molar-refractivity contribution >= 4 is 11.8 Å². The number of benzene rings is 1. The molecule has 0 spiro atoms. The van der Waals surface area contributed by atoms with Crippen LogP contribution >= 0.6 is 11.8 Å². The molecule has 0 saturated heterocycles. The molecule has 1 aliphatic rings. The van der Waals surface area contributed by atoms with Gasteiger partial charge in [-0.25, -0.2) is 4.57 Å². The predicted octanol–water partition coefficient (Wildman–Crippen LogP) is 3.65. The van der Waals surface area contributed by atoms with Gasteiger partial charge in [0.2, 0.25) is 5.69 Å². The van der Waals surface area contributed by atoms with E-state index in [-0.39, 0.29) is 0 Å². The molecule has 0 radical (unpaired) electrons. The smallest absolute Gasteiger partial charge is 0.200 e. The number of hydrogen-bond donors (Lipinski definition) is 0. The highest BCUT2D eigenvalue weighted by atomic mass is 32.2. The summed E-state index contributed by atoms with van der Waals surface area (Å²) in [5.74, 6) is 0. The zero-order valence-electron chi connectivity index (χ0n) is 10.4. The Labute approximate surface area is 106 Å². The van der Waals surface area contributed by atoms with E-state index >= 15 is 0 Å². The lowest BCUT2D eigenvalue weighted by molar-refractivity contribution is -0.662. The molecule has 1 aromatic carbocycles. The molecule has 1 nitrogen and oxygen atoms in total. The molecule has 1 unspecified atom stereocenters. The number of thioether (sulfide) groups is 1. The molecule has 0 aliphatic carbocycles. The number of aryl methyl sites for hydroxylation is 2. The molecule has 2 heterocycles. The molecular formula is C15H16NS+. The molecule has 86 valence electrons. The zero-order chi connectivity index (χ0) is 12.0. The Balaban J connectivity index is 2.39. The SMILES string of the molecule is Cc1cccc2c1-c1c(ccc[n+]1C)SC2C. The summed E-state index contributed by atoms with van der Waals surface area (Å²) >= 11 is 1.96. The summed E-state index contributed by atoms with van der Waals surface area (Å²) in [5, 5.41) is 0.541. The van der Waals surface area contributed by atoms with Crippen LogP contribution < -0.4 is 4.57 Å². The number of hydrogen-bond acceptors (Lipinski definition) is 1. The standard InChI is InChI=1S/C15H16NS/c1-10-6-4-7-12-11(2)17-13-8-5-9-16(3)15(13)14(10)12/h4-9,11H,1-3H3/q+1. The zero-order valence-corrected chi connectivity index (χ0v) is 11.2. The van der Waals surface area contributed by atoms with Crippen LogP contribution in [0.1, 0.15) is 23.3 Å². The molecule has 0 N–H and O–H groups in total. The van der Waals surface area contributed by atoms with Crippen LogP contribution in [0.4, 0.5) is 0 Å². The average molecular weight is 242 g/mol. The van der Waals surface area contributed by atoms with Crippen molar-refractivity contribution in [1.82, 2.24) is 0 Å². The van der Waals surface area contributed by atoms with Crippen molar-refractivity contribution in [2.24, 2.45) is 7.05 Å². The second kappa shape index (κ2) is 3.88. The number of rotatable bonds is 0. The van der Waals surface area contributed by atoms with E-state index in [1.54, 1.807) is 0 Å². The molecule has 0 saturated carbocycles. The third kappa shape index (κ3) is 1.59. The van der Waals surface area contributed by atoms with Gasteiger partial charge in [-0.1, -0.05) is 18.2 Å². The molecule has 1 aliphatic heterocycles. The summed E-state index contributed by atoms with van der Waals surface area (Å²) < 4.78 is 2.24. The summed E-state index contributed by atoms with van der Waals surface area (Å²) in [6.45, 7) is 4.50. The molecule has 0 fully saturated rings. The van der Waals surface area contributed by atoms with Crippen LogP contribution in [0, 0.1) is 6.92 Å². The first-order valence-electron chi connectivity index (χ1n) is 5.93. The third-order valence-corrected chi connectivity index (χ3v) is 4.62. The molecule has 3 rings (SSSR count). The Kier molecular flexibility index (Phi) is 2.48. The molecule has 0 amide bonds. The molecule has 0 bridgehead atoms. The van der Waals surface area contributed by atoms with E-state index in [1.165, 1.54) is 27.3 Å². The molecule has 2 aromatic rings. The Bertz CT molecular complexity index is 589. The fraction of sp³-hybridized carbons (Fsp3) is 0.267. The van der Waals surface area contributed by atoms with E-state index < -0.39 is 0 Å². The van der Waals surface area contributed by atoms with Crippen LogP contribution in [0.25, 0.3) is 11.3 Å². The van der Waals surface area contributed by atoms with Crippen molar-refractivity contribution < 1.29 is 4.57 Å². The first-order valence-corrected chi connectivity index (χ1v) is 6.81. The van der Waals surface area contributed by atoms with Gasteiger partial charge >= 0.3 is 0 Å². The number of nitrogens with zero attached hydrogens (tertiary/aromatic N) is 1. The van der Waals surface area contributed by atoms with E-state index in [1.807, 2.05) is 11.8 Å². The van der Waals surface area contributed by atoms with Gasteiger partial charge in [0.1, 0.15) is 7.05 Å². The van der Waals surface area contributed by atoms with Crippen molar-refractivity contribution in [3.63, 3.8) is 0 Å². The maximum absolute atomic E-state index is 2.29. The summed E-state index contributed by atoms with van der Waals surface area (Å²) in [6.07, 6.45) is 2.13. The van der Waals surface area contributed by atoms with E-state index in [0.717, 1.165) is 0 Å². The fourth-order valence-corrected chi connectivity index (χ4v) is 3.81. The summed E-state index contributed by atoms with van der Waals surface area (Å²) in [7, 11) is 2.13. The Morgan fingerprint density at radius 2 is 2.00 bits per heavy atom. The van der Waals surface area contributed by atoms with Crippen LogP contribution in [0.15, 0.2) is 41.4 Å². The van der Waals surface area contributed by atoms with Crippen molar-refractivity contribution in [3.05, 3.63) is 47.7 Å². The van der Waals surface area contributed by atoms with Crippen molar-refractivity contribution in [3.8, 4) is 11.3 Å². The maximum atomic E-state index is 2.29. The van der Waals surface area contributed by atoms with E-state index in [9.17, 15) is 0 Å². The lowest BCUT2D eigenvalue weighted by Crippen LogP contribution is -2.32. The van der Waals surface area contributed by atoms with Gasteiger partial charge < -0.3 is 0 Å². The van der Waals surface area contributed by atoms with E-state index in [0.29, 0.717) is 5.25 Å². The van der Waals surface area contributed by atoms with Gasteiger partial charge in [-0.3, -0.25) is 0 Å². The minimum absolute atomic E-state index is 0.541. The fourth-order valence-electron chi connectivity index (χ4n) is 2.59. The van der Waals surface area contributed by atoms with Crippen molar-refractivity contribution in [2.75, 3.05) is 0 Å². The largest absolute Gasteiger partial charge is 0.226 e. The lowest BCUT2D eigenvalue weighted by Gasteiger charge is -2.23. The summed E-state index contributed by atoms with van der Waals surface area (Å²) in [4.78, 5) is 1.39. The van der Waals surface area contributed by atoms with Gasteiger partial charge in [-0.05, 0) is 31.0 Å². The summed E-state index contributed by atoms with van der Waals surface area (Å²) in [6, 6.07) is 11.0. The minimum Gasteiger partial charge on any atom is -0.200 e. The number of fused-ring (bicyclic) bond motifs is 3. The quantitative estimate of drug-likeness (QED) is 0.638. The van der Waals surface area contributed by atoms with Crippen LogP contribution in [0.2, 0.25) is 0 Å². The van der Waals surface area contributed by atoms with Gasteiger partial charge in [0.15, 0.2) is 6.20 Å². The van der Waals surface area contributed by atoms with Gasteiger partial charge in [-0.15, -0.1) is 11.8 Å². The molecule has 2 heteroatoms. The molecule has 1 aromatic heterocycles. The predicted molar refractivity (Wildman–Crippen MR) is 72.1 cm³/mol. The van der Waals surface area contributed by atoms with Crippen molar-refractivity contribution in [1.29, 1.82) is 0 Å². The van der Waals surface area contributed by atoms with E-state index in [2.05, 4.69) is 62.0 Å². The minimum atomic E-state index is 0.541. The molecule has 17 heavy (non-hydrogen) atoms. The maximum Gasteiger partial charge on any atom is 0.226 e. The summed E-state index contributed by atoms with van der Waals surface area (Å²) in [5.41, 5.74) is 5.63. The highest BCUT2D eigenvalue weighted by molar-refractivity contribution is 7.99. The van der Waals surface area contributed by atoms with Crippen LogP contribution in [0.3, 0.4) is 0 Å². The highest BCUT2D eigenvalue weighted by Crippen LogP contribution is 2.47. The highest BCUT2D eigenvalue weighted by Gasteiger charge is 2.29.